The van der Waals surface area contributed by atoms with E-state index in [0.29, 0.717) is 12.2 Å². The van der Waals surface area contributed by atoms with Crippen molar-refractivity contribution in [1.82, 2.24) is 0 Å². The molecule has 0 bridgehead atoms. The third-order valence-electron chi connectivity index (χ3n) is 5.74. The van der Waals surface area contributed by atoms with Crippen LogP contribution in [-0.2, 0) is 19.3 Å². The molecule has 1 heteroatoms. The summed E-state index contributed by atoms with van der Waals surface area (Å²) in [6.45, 7) is 0. The number of Topliss-reactive ketones (excluding diaryl/α,β-unsaturated/α-hetero) is 1. The van der Waals surface area contributed by atoms with E-state index < -0.39 is 0 Å². The molecule has 0 saturated heterocycles. The average molecular weight is 324 g/mol. The van der Waals surface area contributed by atoms with E-state index in [-0.39, 0.29) is 0 Å². The Kier molecular flexibility index (Phi) is 3.34. The van der Waals surface area contributed by atoms with Crippen LogP contribution in [0.15, 0.2) is 60.7 Å². The Morgan fingerprint density at radius 2 is 1.20 bits per heavy atom. The summed E-state index contributed by atoms with van der Waals surface area (Å²) in [7, 11) is 0. The Bertz CT molecular complexity index is 982. The minimum Gasteiger partial charge on any atom is -0.294 e. The number of benzene rings is 3. The van der Waals surface area contributed by atoms with Crippen molar-refractivity contribution in [3.63, 3.8) is 0 Å². The molecular formula is C24H20O. The van der Waals surface area contributed by atoms with Gasteiger partial charge in [-0.05, 0) is 64.6 Å². The van der Waals surface area contributed by atoms with Gasteiger partial charge in [0.25, 0.3) is 0 Å². The van der Waals surface area contributed by atoms with Crippen LogP contribution < -0.4 is 0 Å². The Labute approximate surface area is 148 Å². The smallest absolute Gasteiger partial charge is 0.163 e. The molecule has 0 amide bonds. The fourth-order valence-electron chi connectivity index (χ4n) is 4.58. The molecule has 0 radical (unpaired) electrons. The normalized spacial score (nSPS) is 15.3. The van der Waals surface area contributed by atoms with E-state index in [1.807, 2.05) is 0 Å². The van der Waals surface area contributed by atoms with Crippen molar-refractivity contribution < 1.29 is 4.79 Å². The lowest BCUT2D eigenvalue weighted by molar-refractivity contribution is 0.0972. The average Bonchev–Trinajstić information content (AvgIpc) is 2.68. The van der Waals surface area contributed by atoms with Gasteiger partial charge >= 0.3 is 0 Å². The van der Waals surface area contributed by atoms with Crippen LogP contribution in [0.5, 0.6) is 0 Å². The number of hydrogen-bond acceptors (Lipinski definition) is 1. The van der Waals surface area contributed by atoms with E-state index in [4.69, 9.17) is 0 Å². The molecule has 25 heavy (non-hydrogen) atoms. The predicted molar refractivity (Wildman–Crippen MR) is 102 cm³/mol. The lowest BCUT2D eigenvalue weighted by Crippen LogP contribution is -2.16. The molecule has 0 aliphatic heterocycles. The van der Waals surface area contributed by atoms with E-state index in [0.717, 1.165) is 31.2 Å². The Balaban J connectivity index is 1.71. The zero-order valence-corrected chi connectivity index (χ0v) is 14.2. The van der Waals surface area contributed by atoms with Gasteiger partial charge in [-0.15, -0.1) is 0 Å². The maximum atomic E-state index is 12.3. The van der Waals surface area contributed by atoms with Crippen molar-refractivity contribution in [1.29, 1.82) is 0 Å². The second-order valence-corrected chi connectivity index (χ2v) is 7.09. The highest BCUT2D eigenvalue weighted by atomic mass is 16.1. The van der Waals surface area contributed by atoms with Crippen LogP contribution in [0, 0.1) is 0 Å². The van der Waals surface area contributed by atoms with Crippen LogP contribution >= 0.6 is 0 Å². The van der Waals surface area contributed by atoms with Gasteiger partial charge in [-0.2, -0.15) is 0 Å². The van der Waals surface area contributed by atoms with Crippen LogP contribution in [0.1, 0.15) is 39.9 Å². The monoisotopic (exact) mass is 324 g/mol. The summed E-state index contributed by atoms with van der Waals surface area (Å²) in [5.41, 5.74) is 10.5. The fraction of sp³-hybridized carbons (Fsp3) is 0.208. The van der Waals surface area contributed by atoms with Gasteiger partial charge in [-0.3, -0.25) is 4.79 Å². The summed E-state index contributed by atoms with van der Waals surface area (Å²) in [6.07, 6.45) is 4.86. The zero-order valence-electron chi connectivity index (χ0n) is 14.2. The highest BCUT2D eigenvalue weighted by Gasteiger charge is 2.26. The van der Waals surface area contributed by atoms with Crippen LogP contribution in [0.4, 0.5) is 0 Å². The minimum absolute atomic E-state index is 0.327. The van der Waals surface area contributed by atoms with Crippen molar-refractivity contribution >= 4 is 5.78 Å². The number of carbonyl (C=O) groups is 1. The third kappa shape index (κ3) is 2.26. The number of fused-ring (bicyclic) bond motifs is 5. The second kappa shape index (κ2) is 5.70. The second-order valence-electron chi connectivity index (χ2n) is 7.09. The molecule has 0 saturated carbocycles. The van der Waals surface area contributed by atoms with E-state index in [2.05, 4.69) is 60.7 Å². The summed E-state index contributed by atoms with van der Waals surface area (Å²) < 4.78 is 0. The van der Waals surface area contributed by atoms with E-state index in [1.54, 1.807) is 0 Å². The van der Waals surface area contributed by atoms with Crippen molar-refractivity contribution in [3.05, 3.63) is 82.9 Å². The van der Waals surface area contributed by atoms with Gasteiger partial charge in [0.1, 0.15) is 0 Å². The zero-order chi connectivity index (χ0) is 16.8. The standard InChI is InChI=1S/C24H20O/c25-24-11-5-10-19-22-13-12-20-17(16-6-2-1-3-7-16)8-4-9-18(20)21(22)14-15-23(19)24/h1-4,6-9,14-15H,5,10-13H2. The van der Waals surface area contributed by atoms with Gasteiger partial charge in [-0.25, -0.2) is 0 Å². The van der Waals surface area contributed by atoms with Crippen molar-refractivity contribution in [3.8, 4) is 22.3 Å². The lowest BCUT2D eigenvalue weighted by Gasteiger charge is -2.27. The molecule has 0 heterocycles. The first kappa shape index (κ1) is 14.7. The summed E-state index contributed by atoms with van der Waals surface area (Å²) in [6, 6.07) is 21.6. The quantitative estimate of drug-likeness (QED) is 0.566. The van der Waals surface area contributed by atoms with Gasteiger partial charge in [0.05, 0.1) is 0 Å². The molecule has 0 atom stereocenters. The predicted octanol–water partition coefficient (Wildman–Crippen LogP) is 5.64. The first-order valence-corrected chi connectivity index (χ1v) is 9.18. The summed E-state index contributed by atoms with van der Waals surface area (Å²) in [5.74, 6) is 0.327. The van der Waals surface area contributed by atoms with Gasteiger partial charge in [-0.1, -0.05) is 60.7 Å². The maximum absolute atomic E-state index is 12.3. The van der Waals surface area contributed by atoms with Gasteiger partial charge in [0.2, 0.25) is 0 Å². The molecule has 2 aliphatic rings. The van der Waals surface area contributed by atoms with E-state index in [1.165, 1.54) is 38.9 Å². The van der Waals surface area contributed by atoms with Crippen molar-refractivity contribution in [2.45, 2.75) is 32.1 Å². The number of rotatable bonds is 1. The van der Waals surface area contributed by atoms with Gasteiger partial charge in [0, 0.05) is 12.0 Å². The SMILES string of the molecule is O=C1CCCc2c1ccc1c2CCc2c(-c3ccccc3)cccc2-1. The van der Waals surface area contributed by atoms with E-state index in [9.17, 15) is 4.79 Å². The van der Waals surface area contributed by atoms with Crippen LogP contribution in [0.25, 0.3) is 22.3 Å². The van der Waals surface area contributed by atoms with Crippen molar-refractivity contribution in [2.24, 2.45) is 0 Å². The minimum atomic E-state index is 0.327. The van der Waals surface area contributed by atoms with Gasteiger partial charge < -0.3 is 0 Å². The topological polar surface area (TPSA) is 17.1 Å². The molecule has 5 rings (SSSR count). The largest absolute Gasteiger partial charge is 0.294 e. The number of hydrogen-bond donors (Lipinski definition) is 0. The molecule has 1 nitrogen and oxygen atoms in total. The molecule has 0 unspecified atom stereocenters. The summed E-state index contributed by atoms with van der Waals surface area (Å²) in [4.78, 5) is 12.3. The Hall–Kier alpha value is -2.67. The highest BCUT2D eigenvalue weighted by molar-refractivity contribution is 6.00. The number of carbonyl (C=O) groups excluding carboxylic acids is 1. The van der Waals surface area contributed by atoms with Gasteiger partial charge in [0.15, 0.2) is 5.78 Å². The maximum Gasteiger partial charge on any atom is 0.163 e. The molecule has 3 aromatic carbocycles. The molecule has 0 spiro atoms. The lowest BCUT2D eigenvalue weighted by atomic mass is 9.76. The molecule has 0 N–H and O–H groups in total. The first-order chi connectivity index (χ1) is 12.3. The first-order valence-electron chi connectivity index (χ1n) is 9.18. The molecule has 0 fully saturated rings. The summed E-state index contributed by atoms with van der Waals surface area (Å²) >= 11 is 0. The molecule has 3 aromatic rings. The highest BCUT2D eigenvalue weighted by Crippen LogP contribution is 2.41. The third-order valence-corrected chi connectivity index (χ3v) is 5.74. The molecule has 2 aliphatic carbocycles. The molecule has 122 valence electrons. The number of ketones is 1. The summed E-state index contributed by atoms with van der Waals surface area (Å²) in [5, 5.41) is 0. The van der Waals surface area contributed by atoms with Crippen LogP contribution in [-0.4, -0.2) is 5.78 Å². The Morgan fingerprint density at radius 1 is 0.520 bits per heavy atom. The molecule has 0 aromatic heterocycles. The molecular weight excluding hydrogens is 304 g/mol. The van der Waals surface area contributed by atoms with Crippen LogP contribution in [0.2, 0.25) is 0 Å². The fourth-order valence-corrected chi connectivity index (χ4v) is 4.58. The van der Waals surface area contributed by atoms with Crippen LogP contribution in [0.3, 0.4) is 0 Å². The Morgan fingerprint density at radius 3 is 2.08 bits per heavy atom. The van der Waals surface area contributed by atoms with E-state index >= 15 is 0 Å². The van der Waals surface area contributed by atoms with Crippen molar-refractivity contribution in [2.75, 3.05) is 0 Å².